The molecule has 0 saturated carbocycles. The fraction of sp³-hybridized carbons (Fsp3) is 0.250. The molecule has 0 bridgehead atoms. The van der Waals surface area contributed by atoms with Gasteiger partial charge in [-0.25, -0.2) is 0 Å². The largest absolute Gasteiger partial charge is 0.375 e. The number of ether oxygens (including phenoxy) is 1. The lowest BCUT2D eigenvalue weighted by atomic mass is 10.4. The quantitative estimate of drug-likeness (QED) is 0.801. The Morgan fingerprint density at radius 2 is 2.54 bits per heavy atom. The molecule has 1 heterocycles. The van der Waals surface area contributed by atoms with E-state index >= 15 is 0 Å². The first kappa shape index (κ1) is 9.95. The maximum Gasteiger partial charge on any atom is 0.250 e. The number of pyridine rings is 1. The zero-order valence-corrected chi connectivity index (χ0v) is 7.84. The summed E-state index contributed by atoms with van der Waals surface area (Å²) in [6.07, 6.45) is 3.03. The highest BCUT2D eigenvalue weighted by atomic mass is 35.5. The van der Waals surface area contributed by atoms with E-state index in [0.717, 1.165) is 0 Å². The third-order valence-corrected chi connectivity index (χ3v) is 1.65. The van der Waals surface area contributed by atoms with Crippen LogP contribution >= 0.6 is 11.6 Å². The molecule has 0 spiro atoms. The summed E-state index contributed by atoms with van der Waals surface area (Å²) in [6.45, 7) is 0.00518. The van der Waals surface area contributed by atoms with Gasteiger partial charge in [-0.15, -0.1) is 0 Å². The first-order chi connectivity index (χ1) is 6.24. The van der Waals surface area contributed by atoms with Crippen LogP contribution in [0.2, 0.25) is 5.02 Å². The van der Waals surface area contributed by atoms with E-state index in [9.17, 15) is 4.79 Å². The number of rotatable bonds is 3. The van der Waals surface area contributed by atoms with Crippen molar-refractivity contribution in [2.75, 3.05) is 19.0 Å². The van der Waals surface area contributed by atoms with E-state index in [2.05, 4.69) is 15.0 Å². The highest BCUT2D eigenvalue weighted by Gasteiger charge is 2.03. The molecule has 0 unspecified atom stereocenters. The Kier molecular flexibility index (Phi) is 3.67. The lowest BCUT2D eigenvalue weighted by Gasteiger charge is -2.04. The second kappa shape index (κ2) is 4.79. The van der Waals surface area contributed by atoms with Gasteiger partial charge < -0.3 is 10.1 Å². The average molecular weight is 201 g/mol. The molecule has 0 saturated heterocycles. The van der Waals surface area contributed by atoms with Crippen molar-refractivity contribution in [2.45, 2.75) is 0 Å². The summed E-state index contributed by atoms with van der Waals surface area (Å²) in [5.41, 5.74) is 0.492. The van der Waals surface area contributed by atoms with Crippen LogP contribution in [-0.2, 0) is 9.53 Å². The van der Waals surface area contributed by atoms with Crippen LogP contribution in [0.25, 0.3) is 0 Å². The van der Waals surface area contributed by atoms with Crippen LogP contribution in [0.3, 0.4) is 0 Å². The summed E-state index contributed by atoms with van der Waals surface area (Å²) in [5, 5.41) is 3.01. The third-order valence-electron chi connectivity index (χ3n) is 1.32. The molecule has 0 atom stereocenters. The predicted octanol–water partition coefficient (Wildman–Crippen LogP) is 1.32. The average Bonchev–Trinajstić information content (AvgIpc) is 2.09. The van der Waals surface area contributed by atoms with Crippen molar-refractivity contribution in [3.05, 3.63) is 23.5 Å². The maximum absolute atomic E-state index is 11.0. The van der Waals surface area contributed by atoms with E-state index in [1.165, 1.54) is 13.3 Å². The minimum Gasteiger partial charge on any atom is -0.375 e. The second-order valence-electron chi connectivity index (χ2n) is 2.34. The highest BCUT2D eigenvalue weighted by molar-refractivity contribution is 6.33. The fourth-order valence-corrected chi connectivity index (χ4v) is 0.939. The minimum atomic E-state index is -0.252. The molecule has 13 heavy (non-hydrogen) atoms. The number of hydrogen-bond donors (Lipinski definition) is 1. The normalized spacial score (nSPS) is 9.69. The lowest BCUT2D eigenvalue weighted by Crippen LogP contribution is -2.17. The molecule has 0 fully saturated rings. The minimum absolute atomic E-state index is 0.00518. The van der Waals surface area contributed by atoms with E-state index in [-0.39, 0.29) is 12.5 Å². The van der Waals surface area contributed by atoms with Crippen molar-refractivity contribution in [2.24, 2.45) is 0 Å². The Balaban J connectivity index is 2.63. The van der Waals surface area contributed by atoms with Gasteiger partial charge in [0.05, 0.1) is 16.9 Å². The number of carbonyl (C=O) groups excluding carboxylic acids is 1. The van der Waals surface area contributed by atoms with Crippen LogP contribution in [0, 0.1) is 0 Å². The summed E-state index contributed by atoms with van der Waals surface area (Å²) in [5.74, 6) is -0.252. The van der Waals surface area contributed by atoms with Crippen molar-refractivity contribution in [1.82, 2.24) is 4.98 Å². The molecule has 1 aromatic heterocycles. The van der Waals surface area contributed by atoms with Crippen molar-refractivity contribution in [1.29, 1.82) is 0 Å². The van der Waals surface area contributed by atoms with Crippen molar-refractivity contribution in [3.8, 4) is 0 Å². The number of nitrogens with zero attached hydrogens (tertiary/aromatic N) is 1. The molecule has 1 rings (SSSR count). The second-order valence-corrected chi connectivity index (χ2v) is 2.74. The van der Waals surface area contributed by atoms with E-state index in [1.807, 2.05) is 0 Å². The molecule has 1 N–H and O–H groups in total. The van der Waals surface area contributed by atoms with Crippen LogP contribution in [0.1, 0.15) is 0 Å². The van der Waals surface area contributed by atoms with Gasteiger partial charge in [0, 0.05) is 13.3 Å². The maximum atomic E-state index is 11.0. The third kappa shape index (κ3) is 3.01. The monoisotopic (exact) mass is 200 g/mol. The Morgan fingerprint density at radius 1 is 1.77 bits per heavy atom. The summed E-state index contributed by atoms with van der Waals surface area (Å²) >= 11 is 5.77. The summed E-state index contributed by atoms with van der Waals surface area (Å²) in [4.78, 5) is 14.9. The van der Waals surface area contributed by atoms with E-state index in [0.29, 0.717) is 10.7 Å². The van der Waals surface area contributed by atoms with Crippen LogP contribution in [0.4, 0.5) is 5.69 Å². The van der Waals surface area contributed by atoms with Gasteiger partial charge in [-0.1, -0.05) is 11.6 Å². The van der Waals surface area contributed by atoms with Gasteiger partial charge in [0.15, 0.2) is 0 Å². The molecular formula is C8H9ClN2O2. The molecular weight excluding hydrogens is 192 g/mol. The van der Waals surface area contributed by atoms with Gasteiger partial charge in [0.25, 0.3) is 0 Å². The van der Waals surface area contributed by atoms with Gasteiger partial charge in [-0.2, -0.15) is 0 Å². The van der Waals surface area contributed by atoms with Gasteiger partial charge in [-0.3, -0.25) is 9.78 Å². The zero-order chi connectivity index (χ0) is 9.68. The zero-order valence-electron chi connectivity index (χ0n) is 7.08. The Morgan fingerprint density at radius 3 is 3.15 bits per heavy atom. The molecule has 0 radical (unpaired) electrons. The number of anilines is 1. The van der Waals surface area contributed by atoms with Crippen molar-refractivity contribution < 1.29 is 9.53 Å². The molecule has 0 aliphatic rings. The number of amides is 1. The first-order valence-corrected chi connectivity index (χ1v) is 4.00. The molecule has 1 amide bonds. The number of methoxy groups -OCH3 is 1. The number of halogens is 1. The van der Waals surface area contributed by atoms with E-state index in [4.69, 9.17) is 11.6 Å². The van der Waals surface area contributed by atoms with Crippen LogP contribution < -0.4 is 5.32 Å². The van der Waals surface area contributed by atoms with E-state index in [1.54, 1.807) is 12.3 Å². The molecule has 0 aliphatic heterocycles. The van der Waals surface area contributed by atoms with Gasteiger partial charge in [0.2, 0.25) is 5.91 Å². The van der Waals surface area contributed by atoms with Crippen LogP contribution in [0.5, 0.6) is 0 Å². The molecule has 5 heteroatoms. The molecule has 1 aromatic rings. The lowest BCUT2D eigenvalue weighted by molar-refractivity contribution is -0.119. The topological polar surface area (TPSA) is 51.2 Å². The molecule has 0 aliphatic carbocycles. The standard InChI is InChI=1S/C8H9ClN2O2/c1-13-5-8(12)11-7-4-10-3-2-6(7)9/h2-4H,5H2,1H3,(H,11,12). The number of aromatic nitrogens is 1. The number of hydrogen-bond acceptors (Lipinski definition) is 3. The summed E-state index contributed by atoms with van der Waals surface area (Å²) in [6, 6.07) is 1.60. The van der Waals surface area contributed by atoms with Gasteiger partial charge >= 0.3 is 0 Å². The number of nitrogens with one attached hydrogen (secondary N) is 1. The summed E-state index contributed by atoms with van der Waals surface area (Å²) < 4.78 is 4.64. The molecule has 0 aromatic carbocycles. The Bertz CT molecular complexity index is 304. The van der Waals surface area contributed by atoms with Crippen molar-refractivity contribution in [3.63, 3.8) is 0 Å². The fourth-order valence-electron chi connectivity index (χ4n) is 0.787. The van der Waals surface area contributed by atoms with Gasteiger partial charge in [0.1, 0.15) is 6.61 Å². The van der Waals surface area contributed by atoms with E-state index < -0.39 is 0 Å². The van der Waals surface area contributed by atoms with Crippen molar-refractivity contribution >= 4 is 23.2 Å². The predicted molar refractivity (Wildman–Crippen MR) is 49.8 cm³/mol. The van der Waals surface area contributed by atoms with Crippen LogP contribution in [0.15, 0.2) is 18.5 Å². The molecule has 70 valence electrons. The SMILES string of the molecule is COCC(=O)Nc1cnccc1Cl. The number of carbonyl (C=O) groups is 1. The first-order valence-electron chi connectivity index (χ1n) is 3.62. The molecule has 4 nitrogen and oxygen atoms in total. The smallest absolute Gasteiger partial charge is 0.250 e. The van der Waals surface area contributed by atoms with Crippen LogP contribution in [-0.4, -0.2) is 24.6 Å². The highest BCUT2D eigenvalue weighted by Crippen LogP contribution is 2.18. The van der Waals surface area contributed by atoms with Gasteiger partial charge in [-0.05, 0) is 6.07 Å². The summed E-state index contributed by atoms with van der Waals surface area (Å²) in [7, 11) is 1.45. The Labute approximate surface area is 80.9 Å². The Hall–Kier alpha value is -1.13.